The highest BCUT2D eigenvalue weighted by Crippen LogP contribution is 2.50. The number of nitrogens with one attached hydrogen (secondary N) is 1. The maximum atomic E-state index is 14.6. The molecule has 0 unspecified atom stereocenters. The summed E-state index contributed by atoms with van der Waals surface area (Å²) < 4.78 is 80.7. The summed E-state index contributed by atoms with van der Waals surface area (Å²) >= 11 is 0. The quantitative estimate of drug-likeness (QED) is 0.133. The molecule has 292 valence electrons. The highest BCUT2D eigenvalue weighted by atomic mass is 32.2. The van der Waals surface area contributed by atoms with Crippen LogP contribution in [0.4, 0.5) is 20.3 Å². The number of halogens is 2. The van der Waals surface area contributed by atoms with Crippen LogP contribution in [0.25, 0.3) is 0 Å². The fourth-order valence-electron chi connectivity index (χ4n) is 6.92. The Kier molecular flexibility index (Phi) is 10.9. The number of anilines is 2. The second-order valence-corrected chi connectivity index (χ2v) is 16.1. The van der Waals surface area contributed by atoms with E-state index in [9.17, 15) is 22.0 Å². The molecule has 2 saturated carbocycles. The summed E-state index contributed by atoms with van der Waals surface area (Å²) in [5, 5.41) is 2.57. The molecule has 15 heteroatoms. The first-order valence-corrected chi connectivity index (χ1v) is 19.7. The van der Waals surface area contributed by atoms with Gasteiger partial charge in [0.15, 0.2) is 5.03 Å². The Balaban J connectivity index is 1.22. The van der Waals surface area contributed by atoms with E-state index >= 15 is 0 Å². The van der Waals surface area contributed by atoms with Crippen molar-refractivity contribution < 1.29 is 40.9 Å². The lowest BCUT2D eigenvalue weighted by Gasteiger charge is -2.34. The Morgan fingerprint density at radius 3 is 1.95 bits per heavy atom. The van der Waals surface area contributed by atoms with E-state index in [2.05, 4.69) is 10.3 Å². The Labute approximate surface area is 319 Å². The van der Waals surface area contributed by atoms with E-state index < -0.39 is 21.9 Å². The summed E-state index contributed by atoms with van der Waals surface area (Å²) in [7, 11) is 1.69. The number of rotatable bonds is 15. The smallest absolute Gasteiger partial charge is 0.261 e. The third-order valence-electron chi connectivity index (χ3n) is 10.4. The number of carbonyl (C=O) groups is 1. The molecule has 3 aliphatic rings. The first-order chi connectivity index (χ1) is 26.4. The molecule has 7 rings (SSSR count). The van der Waals surface area contributed by atoms with Crippen molar-refractivity contribution in [2.24, 2.45) is 0 Å². The van der Waals surface area contributed by atoms with Crippen LogP contribution in [0.3, 0.4) is 0 Å². The average Bonchev–Trinajstić information content (AvgIpc) is 4.12. The zero-order chi connectivity index (χ0) is 38.9. The van der Waals surface area contributed by atoms with E-state index in [0.29, 0.717) is 51.8 Å². The van der Waals surface area contributed by atoms with Gasteiger partial charge in [0, 0.05) is 91.8 Å². The Morgan fingerprint density at radius 2 is 1.42 bits per heavy atom. The van der Waals surface area contributed by atoms with Gasteiger partial charge in [-0.2, -0.15) is 4.31 Å². The number of aromatic nitrogens is 2. The number of carbonyl (C=O) groups excluding carboxylic acids is 1. The standard InChI is InChI=1S/C40H45F2N5O7S/c1-51-30-11-9-27(34(20-30)53-3)23-47(24-28-10-12-31(52-2)21-35(28)54-4)55(49,50)36-19-29(13-16-43-36)44-39(48)33-22-32(25-5-6-25)37(26-7-8-26)45-38(33)46-17-14-40(41,42)15-18-46/h9-13,16,19-22,25-26H,5-8,14-15,17-18,23-24H2,1-4H3,(H,43,44,48). The minimum atomic E-state index is -4.35. The Hall–Kier alpha value is -5.02. The number of sulfonamides is 1. The zero-order valence-corrected chi connectivity index (χ0v) is 32.1. The number of amides is 1. The minimum Gasteiger partial charge on any atom is -0.497 e. The molecule has 55 heavy (non-hydrogen) atoms. The van der Waals surface area contributed by atoms with Crippen molar-refractivity contribution in [3.63, 3.8) is 0 Å². The molecule has 1 aliphatic heterocycles. The molecule has 1 N–H and O–H groups in total. The number of hydrogen-bond donors (Lipinski definition) is 1. The molecule has 3 fully saturated rings. The van der Waals surface area contributed by atoms with E-state index in [1.54, 1.807) is 41.3 Å². The lowest BCUT2D eigenvalue weighted by Crippen LogP contribution is -2.40. The molecule has 2 aromatic carbocycles. The van der Waals surface area contributed by atoms with Crippen LogP contribution < -0.4 is 29.2 Å². The molecule has 2 aromatic heterocycles. The van der Waals surface area contributed by atoms with E-state index in [1.807, 2.05) is 6.07 Å². The van der Waals surface area contributed by atoms with Gasteiger partial charge in [-0.1, -0.05) is 12.1 Å². The topological polar surface area (TPSA) is 132 Å². The number of benzene rings is 2. The van der Waals surface area contributed by atoms with Crippen molar-refractivity contribution in [3.8, 4) is 23.0 Å². The van der Waals surface area contributed by atoms with E-state index in [1.165, 1.54) is 51.1 Å². The first-order valence-electron chi connectivity index (χ1n) is 18.3. The van der Waals surface area contributed by atoms with E-state index in [0.717, 1.165) is 36.9 Å². The Bertz CT molecular complexity index is 2110. The molecule has 0 spiro atoms. The van der Waals surface area contributed by atoms with Crippen LogP contribution in [0, 0.1) is 0 Å². The molecule has 2 aliphatic carbocycles. The average molecular weight is 778 g/mol. The fourth-order valence-corrected chi connectivity index (χ4v) is 8.27. The number of alkyl halides is 2. The van der Waals surface area contributed by atoms with Gasteiger partial charge in [0.1, 0.15) is 28.8 Å². The maximum absolute atomic E-state index is 14.6. The third-order valence-corrected chi connectivity index (χ3v) is 12.1. The molecule has 12 nitrogen and oxygen atoms in total. The number of ether oxygens (including phenoxy) is 4. The second kappa shape index (κ2) is 15.6. The van der Waals surface area contributed by atoms with Crippen molar-refractivity contribution in [1.29, 1.82) is 0 Å². The number of pyridine rings is 2. The number of methoxy groups -OCH3 is 4. The van der Waals surface area contributed by atoms with Gasteiger partial charge in [-0.15, -0.1) is 0 Å². The van der Waals surface area contributed by atoms with Crippen LogP contribution >= 0.6 is 0 Å². The SMILES string of the molecule is COc1ccc(CN(Cc2ccc(OC)cc2OC)S(=O)(=O)c2cc(NC(=O)c3cc(C4CC4)c(C4CC4)nc3N3CCC(F)(F)CC3)ccn2)c(OC)c1. The maximum Gasteiger partial charge on any atom is 0.261 e. The summed E-state index contributed by atoms with van der Waals surface area (Å²) in [6.07, 6.45) is 4.70. The largest absolute Gasteiger partial charge is 0.497 e. The third kappa shape index (κ3) is 8.47. The van der Waals surface area contributed by atoms with Crippen LogP contribution in [0.2, 0.25) is 0 Å². The van der Waals surface area contributed by atoms with E-state index in [4.69, 9.17) is 23.9 Å². The van der Waals surface area contributed by atoms with Crippen LogP contribution in [0.15, 0.2) is 65.8 Å². The molecule has 0 radical (unpaired) electrons. The normalized spacial score (nSPS) is 16.8. The summed E-state index contributed by atoms with van der Waals surface area (Å²) in [4.78, 5) is 25.2. The lowest BCUT2D eigenvalue weighted by atomic mass is 10.0. The molecule has 3 heterocycles. The number of hydrogen-bond acceptors (Lipinski definition) is 10. The second-order valence-electron chi connectivity index (χ2n) is 14.2. The molecular formula is C40H45F2N5O7S. The summed E-state index contributed by atoms with van der Waals surface area (Å²) in [5.74, 6) is -0.340. The van der Waals surface area contributed by atoms with Gasteiger partial charge in [0.2, 0.25) is 0 Å². The molecule has 0 bridgehead atoms. The van der Waals surface area contributed by atoms with Gasteiger partial charge in [-0.3, -0.25) is 4.79 Å². The van der Waals surface area contributed by atoms with Crippen molar-refractivity contribution in [3.05, 3.63) is 88.7 Å². The van der Waals surface area contributed by atoms with E-state index in [-0.39, 0.29) is 55.3 Å². The van der Waals surface area contributed by atoms with Gasteiger partial charge < -0.3 is 29.2 Å². The van der Waals surface area contributed by atoms with Crippen molar-refractivity contribution in [2.75, 3.05) is 51.7 Å². The van der Waals surface area contributed by atoms with Crippen molar-refractivity contribution in [1.82, 2.24) is 14.3 Å². The van der Waals surface area contributed by atoms with Gasteiger partial charge in [-0.25, -0.2) is 27.2 Å². The van der Waals surface area contributed by atoms with Crippen LogP contribution in [-0.2, 0) is 23.1 Å². The van der Waals surface area contributed by atoms with Gasteiger partial charge in [0.25, 0.3) is 21.9 Å². The van der Waals surface area contributed by atoms with Gasteiger partial charge in [0.05, 0.1) is 34.0 Å². The first kappa shape index (κ1) is 38.3. The zero-order valence-electron chi connectivity index (χ0n) is 31.3. The van der Waals surface area contributed by atoms with Crippen molar-refractivity contribution in [2.45, 2.75) is 74.4 Å². The molecule has 1 saturated heterocycles. The summed E-state index contributed by atoms with van der Waals surface area (Å²) in [6, 6.07) is 14.9. The predicted molar refractivity (Wildman–Crippen MR) is 202 cm³/mol. The van der Waals surface area contributed by atoms with Gasteiger partial charge >= 0.3 is 0 Å². The van der Waals surface area contributed by atoms with Crippen molar-refractivity contribution >= 4 is 27.4 Å². The highest BCUT2D eigenvalue weighted by molar-refractivity contribution is 7.89. The van der Waals surface area contributed by atoms with Crippen LogP contribution in [-0.4, -0.2) is 76.0 Å². The summed E-state index contributed by atoms with van der Waals surface area (Å²) in [6.45, 7) is -0.0779. The molecule has 4 aromatic rings. The Morgan fingerprint density at radius 1 is 0.836 bits per heavy atom. The van der Waals surface area contributed by atoms with Gasteiger partial charge in [-0.05, 0) is 61.4 Å². The lowest BCUT2D eigenvalue weighted by molar-refractivity contribution is -0.0221. The predicted octanol–water partition coefficient (Wildman–Crippen LogP) is 7.14. The summed E-state index contributed by atoms with van der Waals surface area (Å²) in [5.41, 5.74) is 3.61. The monoisotopic (exact) mass is 777 g/mol. The molecule has 0 atom stereocenters. The number of piperidine rings is 1. The minimum absolute atomic E-state index is 0.0681. The highest BCUT2D eigenvalue weighted by Gasteiger charge is 2.39. The molecular weight excluding hydrogens is 733 g/mol. The fraction of sp³-hybridized carbons (Fsp3) is 0.425. The number of nitrogens with zero attached hydrogens (tertiary/aromatic N) is 4. The van der Waals surface area contributed by atoms with Crippen LogP contribution in [0.5, 0.6) is 23.0 Å². The van der Waals surface area contributed by atoms with Crippen LogP contribution in [0.1, 0.15) is 83.1 Å². The molecule has 1 amide bonds.